The fourth-order valence-electron chi connectivity index (χ4n) is 2.15. The molecule has 0 aliphatic rings. The molecule has 0 saturated heterocycles. The molecule has 2 aromatic carbocycles. The van der Waals surface area contributed by atoms with E-state index >= 15 is 0 Å². The molecule has 7 nitrogen and oxygen atoms in total. The molecule has 2 aromatic rings. The number of benzene rings is 2. The number of halogens is 1. The van der Waals surface area contributed by atoms with E-state index in [0.717, 1.165) is 0 Å². The van der Waals surface area contributed by atoms with Gasteiger partial charge in [0.05, 0.1) is 15.5 Å². The van der Waals surface area contributed by atoms with Gasteiger partial charge < -0.3 is 10.6 Å². The van der Waals surface area contributed by atoms with Crippen LogP contribution in [0, 0.1) is 11.3 Å². The van der Waals surface area contributed by atoms with Gasteiger partial charge in [0.1, 0.15) is 6.07 Å². The van der Waals surface area contributed by atoms with Crippen molar-refractivity contribution in [3.8, 4) is 6.07 Å². The molecule has 0 aliphatic carbocycles. The fourth-order valence-corrected chi connectivity index (χ4v) is 3.48. The topological polar surface area (TPSA) is 111 Å². The lowest BCUT2D eigenvalue weighted by Crippen LogP contribution is -2.34. The van der Waals surface area contributed by atoms with Crippen LogP contribution < -0.4 is 15.4 Å². The van der Waals surface area contributed by atoms with Crippen LogP contribution >= 0.6 is 11.6 Å². The fraction of sp³-hybridized carbons (Fsp3) is 0.222. The van der Waals surface area contributed by atoms with Gasteiger partial charge in [0.2, 0.25) is 10.0 Å². The summed E-state index contributed by atoms with van der Waals surface area (Å²) in [6.45, 7) is 3.78. The van der Waals surface area contributed by atoms with E-state index in [9.17, 15) is 13.2 Å². The van der Waals surface area contributed by atoms with Crippen LogP contribution in [-0.4, -0.2) is 20.5 Å². The number of hydrogen-bond donors (Lipinski definition) is 3. The Hall–Kier alpha value is -2.60. The van der Waals surface area contributed by atoms with Crippen LogP contribution in [0.2, 0.25) is 5.02 Å². The van der Waals surface area contributed by atoms with Gasteiger partial charge in [-0.15, -0.1) is 0 Å². The third kappa shape index (κ3) is 5.96. The molecule has 0 fully saturated rings. The number of urea groups is 1. The van der Waals surface area contributed by atoms with Crippen molar-refractivity contribution in [3.63, 3.8) is 0 Å². The summed E-state index contributed by atoms with van der Waals surface area (Å²) in [4.78, 5) is 11.6. The molecule has 9 heteroatoms. The zero-order valence-electron chi connectivity index (χ0n) is 14.8. The SMILES string of the molecule is CC(C)NC(=O)Nc1ccc(CNS(=O)(=O)c2ccc(C#N)c(Cl)c2)cc1. The predicted octanol–water partition coefficient (Wildman–Crippen LogP) is 3.22. The maximum absolute atomic E-state index is 12.4. The van der Waals surface area contributed by atoms with Crippen molar-refractivity contribution >= 4 is 33.3 Å². The molecule has 0 saturated carbocycles. The molecule has 0 atom stereocenters. The molecule has 142 valence electrons. The lowest BCUT2D eigenvalue weighted by molar-refractivity contribution is 0.250. The standard InChI is InChI=1S/C18H19ClN4O3S/c1-12(2)22-18(24)23-15-6-3-13(4-7-15)11-21-27(25,26)16-8-5-14(10-20)17(19)9-16/h3-9,12,21H,11H2,1-2H3,(H2,22,23,24). The van der Waals surface area contributed by atoms with E-state index in [1.165, 1.54) is 18.2 Å². The minimum Gasteiger partial charge on any atom is -0.336 e. The molecule has 0 aliphatic heterocycles. The summed E-state index contributed by atoms with van der Waals surface area (Å²) >= 11 is 5.89. The average molecular weight is 407 g/mol. The highest BCUT2D eigenvalue weighted by Crippen LogP contribution is 2.20. The molecule has 2 rings (SSSR count). The zero-order chi connectivity index (χ0) is 20.0. The number of sulfonamides is 1. The zero-order valence-corrected chi connectivity index (χ0v) is 16.4. The second kappa shape index (κ2) is 8.86. The van der Waals surface area contributed by atoms with Gasteiger partial charge in [-0.05, 0) is 49.7 Å². The van der Waals surface area contributed by atoms with Crippen molar-refractivity contribution in [2.75, 3.05) is 5.32 Å². The van der Waals surface area contributed by atoms with Crippen LogP contribution in [0.1, 0.15) is 25.0 Å². The first-order valence-electron chi connectivity index (χ1n) is 8.07. The number of nitriles is 1. The normalized spacial score (nSPS) is 11.1. The average Bonchev–Trinajstić information content (AvgIpc) is 2.60. The highest BCUT2D eigenvalue weighted by atomic mass is 35.5. The minimum atomic E-state index is -3.77. The molecule has 3 N–H and O–H groups in total. The molecule has 2 amide bonds. The van der Waals surface area contributed by atoms with Crippen molar-refractivity contribution in [3.05, 3.63) is 58.6 Å². The van der Waals surface area contributed by atoms with Gasteiger partial charge in [-0.2, -0.15) is 5.26 Å². The molecular formula is C18H19ClN4O3S. The van der Waals surface area contributed by atoms with Crippen LogP contribution in [0.15, 0.2) is 47.4 Å². The molecular weight excluding hydrogens is 388 g/mol. The van der Waals surface area contributed by atoms with Crippen molar-refractivity contribution in [2.45, 2.75) is 31.3 Å². The first-order valence-corrected chi connectivity index (χ1v) is 9.93. The largest absolute Gasteiger partial charge is 0.336 e. The Kier molecular flexibility index (Phi) is 6.80. The Morgan fingerprint density at radius 3 is 2.41 bits per heavy atom. The number of anilines is 1. The summed E-state index contributed by atoms with van der Waals surface area (Å²) < 4.78 is 27.2. The van der Waals surface area contributed by atoms with Gasteiger partial charge in [-0.3, -0.25) is 0 Å². The van der Waals surface area contributed by atoms with Crippen LogP contribution in [0.4, 0.5) is 10.5 Å². The van der Waals surface area contributed by atoms with Gasteiger partial charge in [0, 0.05) is 18.3 Å². The van der Waals surface area contributed by atoms with Crippen LogP contribution in [0.5, 0.6) is 0 Å². The van der Waals surface area contributed by atoms with Crippen LogP contribution in [0.3, 0.4) is 0 Å². The van der Waals surface area contributed by atoms with Gasteiger partial charge in [-0.1, -0.05) is 23.7 Å². The van der Waals surface area contributed by atoms with Crippen LogP contribution in [0.25, 0.3) is 0 Å². The van der Waals surface area contributed by atoms with E-state index in [1.54, 1.807) is 24.3 Å². The Labute approximate surface area is 163 Å². The van der Waals surface area contributed by atoms with Crippen molar-refractivity contribution < 1.29 is 13.2 Å². The van der Waals surface area contributed by atoms with Gasteiger partial charge in [0.15, 0.2) is 0 Å². The number of rotatable bonds is 6. The number of hydrogen-bond acceptors (Lipinski definition) is 4. The predicted molar refractivity (Wildman–Crippen MR) is 104 cm³/mol. The van der Waals surface area contributed by atoms with Crippen molar-refractivity contribution in [1.29, 1.82) is 5.26 Å². The lowest BCUT2D eigenvalue weighted by atomic mass is 10.2. The molecule has 0 spiro atoms. The van der Waals surface area contributed by atoms with Crippen molar-refractivity contribution in [2.24, 2.45) is 0 Å². The van der Waals surface area contributed by atoms with Crippen molar-refractivity contribution in [1.82, 2.24) is 10.0 Å². The molecule has 0 bridgehead atoms. The van der Waals surface area contributed by atoms with E-state index in [-0.39, 0.29) is 34.1 Å². The Balaban J connectivity index is 2.00. The monoisotopic (exact) mass is 406 g/mol. The van der Waals surface area contributed by atoms with E-state index in [2.05, 4.69) is 15.4 Å². The third-order valence-electron chi connectivity index (χ3n) is 3.47. The maximum Gasteiger partial charge on any atom is 0.319 e. The van der Waals surface area contributed by atoms with E-state index in [0.29, 0.717) is 11.3 Å². The summed E-state index contributed by atoms with van der Waals surface area (Å²) in [6.07, 6.45) is 0. The number of carbonyl (C=O) groups is 1. The number of nitrogens with one attached hydrogen (secondary N) is 3. The van der Waals surface area contributed by atoms with Crippen LogP contribution in [-0.2, 0) is 16.6 Å². The highest BCUT2D eigenvalue weighted by Gasteiger charge is 2.15. The minimum absolute atomic E-state index is 0.0184. The second-order valence-corrected chi connectivity index (χ2v) is 8.20. The summed E-state index contributed by atoms with van der Waals surface area (Å²) in [5.74, 6) is 0. The van der Waals surface area contributed by atoms with E-state index in [1.807, 2.05) is 19.9 Å². The maximum atomic E-state index is 12.4. The van der Waals surface area contributed by atoms with E-state index in [4.69, 9.17) is 16.9 Å². The third-order valence-corrected chi connectivity index (χ3v) is 5.18. The highest BCUT2D eigenvalue weighted by molar-refractivity contribution is 7.89. The second-order valence-electron chi connectivity index (χ2n) is 6.03. The molecule has 0 aromatic heterocycles. The van der Waals surface area contributed by atoms with E-state index < -0.39 is 10.0 Å². The smallest absolute Gasteiger partial charge is 0.319 e. The Bertz CT molecular complexity index is 967. The van der Waals surface area contributed by atoms with Gasteiger partial charge in [-0.25, -0.2) is 17.9 Å². The molecule has 0 unspecified atom stereocenters. The first-order chi connectivity index (χ1) is 12.7. The van der Waals surface area contributed by atoms with Gasteiger partial charge in [0.25, 0.3) is 0 Å². The quantitative estimate of drug-likeness (QED) is 0.683. The molecule has 0 heterocycles. The number of nitrogens with zero attached hydrogens (tertiary/aromatic N) is 1. The summed E-state index contributed by atoms with van der Waals surface area (Å²) in [5.41, 5.74) is 1.52. The summed E-state index contributed by atoms with van der Waals surface area (Å²) in [6, 6.07) is 12.3. The van der Waals surface area contributed by atoms with Gasteiger partial charge >= 0.3 is 6.03 Å². The number of carbonyl (C=O) groups excluding carboxylic acids is 1. The summed E-state index contributed by atoms with van der Waals surface area (Å²) in [5, 5.41) is 14.3. The molecule has 0 radical (unpaired) electrons. The number of amides is 2. The molecule has 27 heavy (non-hydrogen) atoms. The summed E-state index contributed by atoms with van der Waals surface area (Å²) in [7, 11) is -3.77. The lowest BCUT2D eigenvalue weighted by Gasteiger charge is -2.11. The first kappa shape index (κ1) is 20.7. The Morgan fingerprint density at radius 1 is 1.19 bits per heavy atom. The Morgan fingerprint density at radius 2 is 1.85 bits per heavy atom.